The van der Waals surface area contributed by atoms with E-state index in [1.807, 2.05) is 0 Å². The monoisotopic (exact) mass is 504 g/mol. The van der Waals surface area contributed by atoms with Crippen LogP contribution in [0.5, 0.6) is 0 Å². The Morgan fingerprint density at radius 1 is 1.26 bits per heavy atom. The number of benzene rings is 1. The average molecular weight is 505 g/mol. The third kappa shape index (κ3) is 3.97. The minimum Gasteiger partial charge on any atom is -0.465 e. The van der Waals surface area contributed by atoms with Crippen molar-refractivity contribution < 1.29 is 28.9 Å². The molecule has 0 aliphatic carbocycles. The van der Waals surface area contributed by atoms with E-state index in [0.29, 0.717) is 5.39 Å². The Labute approximate surface area is 203 Å². The van der Waals surface area contributed by atoms with Crippen molar-refractivity contribution in [3.63, 3.8) is 0 Å². The molecule has 1 aromatic carbocycles. The molecule has 4 atom stereocenters. The van der Waals surface area contributed by atoms with Crippen molar-refractivity contribution in [2.75, 3.05) is 7.11 Å². The van der Waals surface area contributed by atoms with Gasteiger partial charge in [0.2, 0.25) is 5.28 Å². The number of nitrogens with zero attached hydrogens (tertiary/aromatic N) is 4. The van der Waals surface area contributed by atoms with Gasteiger partial charge in [-0.3, -0.25) is 4.79 Å². The third-order valence-electron chi connectivity index (χ3n) is 5.26. The van der Waals surface area contributed by atoms with E-state index in [9.17, 15) is 14.7 Å². The normalized spacial score (nSPS) is 23.9. The van der Waals surface area contributed by atoms with Crippen LogP contribution in [-0.4, -0.2) is 55.6 Å². The fourth-order valence-electron chi connectivity index (χ4n) is 3.92. The van der Waals surface area contributed by atoms with Gasteiger partial charge >= 0.3 is 11.9 Å². The lowest BCUT2D eigenvalue weighted by atomic mass is 9.86. The Hall–Kier alpha value is -3.23. The molecule has 34 heavy (non-hydrogen) atoms. The number of methoxy groups -OCH3 is 1. The Kier molecular flexibility index (Phi) is 6.47. The maximum Gasteiger partial charge on any atom is 0.338 e. The zero-order chi connectivity index (χ0) is 24.6. The van der Waals surface area contributed by atoms with E-state index in [0.717, 1.165) is 0 Å². The fraction of sp³-hybridized carbons (Fsp3) is 0.318. The molecule has 176 valence electrons. The van der Waals surface area contributed by atoms with Crippen LogP contribution in [0.1, 0.15) is 42.1 Å². The summed E-state index contributed by atoms with van der Waals surface area (Å²) in [5.74, 6) is 4.01. The van der Waals surface area contributed by atoms with Crippen LogP contribution >= 0.6 is 23.2 Å². The predicted octanol–water partition coefficient (Wildman–Crippen LogP) is 2.88. The molecule has 3 heterocycles. The second kappa shape index (κ2) is 9.19. The van der Waals surface area contributed by atoms with Crippen molar-refractivity contribution in [1.82, 2.24) is 19.7 Å². The summed E-state index contributed by atoms with van der Waals surface area (Å²) in [4.78, 5) is 32.5. The Balaban J connectivity index is 1.94. The summed E-state index contributed by atoms with van der Waals surface area (Å²) in [6.45, 7) is 2.69. The number of rotatable bonds is 4. The fourth-order valence-corrected chi connectivity index (χ4v) is 4.34. The molecule has 4 rings (SSSR count). The Morgan fingerprint density at radius 2 is 2.00 bits per heavy atom. The summed E-state index contributed by atoms with van der Waals surface area (Å²) in [5.41, 5.74) is -1.47. The first-order valence-electron chi connectivity index (χ1n) is 9.93. The summed E-state index contributed by atoms with van der Waals surface area (Å²) in [7, 11) is 1.24. The van der Waals surface area contributed by atoms with Gasteiger partial charge in [-0.25, -0.2) is 14.5 Å². The molecule has 0 bridgehead atoms. The summed E-state index contributed by atoms with van der Waals surface area (Å²) < 4.78 is 17.9. The number of ether oxygens (including phenoxy) is 3. The molecule has 3 aromatic rings. The number of esters is 2. The third-order valence-corrected chi connectivity index (χ3v) is 5.71. The molecule has 1 N–H and O–H groups in total. The van der Waals surface area contributed by atoms with Crippen molar-refractivity contribution in [1.29, 1.82) is 0 Å². The molecule has 1 saturated heterocycles. The second-order valence-electron chi connectivity index (χ2n) is 7.33. The van der Waals surface area contributed by atoms with Crippen LogP contribution in [0.4, 0.5) is 0 Å². The minimum atomic E-state index is -2.08. The molecule has 0 amide bonds. The Bertz CT molecular complexity index is 1350. The quantitative estimate of drug-likeness (QED) is 0.247. The molecule has 0 radical (unpaired) electrons. The highest BCUT2D eigenvalue weighted by Gasteiger charge is 2.60. The Morgan fingerprint density at radius 3 is 2.68 bits per heavy atom. The molecule has 10 nitrogen and oxygen atoms in total. The van der Waals surface area contributed by atoms with Crippen molar-refractivity contribution in [2.24, 2.45) is 0 Å². The lowest BCUT2D eigenvalue weighted by molar-refractivity contribution is -0.159. The van der Waals surface area contributed by atoms with Crippen LogP contribution < -0.4 is 0 Å². The first kappa shape index (κ1) is 23.9. The first-order chi connectivity index (χ1) is 16.2. The first-order valence-corrected chi connectivity index (χ1v) is 10.7. The van der Waals surface area contributed by atoms with Gasteiger partial charge in [0.15, 0.2) is 23.6 Å². The van der Waals surface area contributed by atoms with Gasteiger partial charge in [0.1, 0.15) is 11.3 Å². The van der Waals surface area contributed by atoms with Gasteiger partial charge in [-0.05, 0) is 30.2 Å². The van der Waals surface area contributed by atoms with Gasteiger partial charge in [-0.1, -0.05) is 35.7 Å². The van der Waals surface area contributed by atoms with E-state index < -0.39 is 36.0 Å². The number of carbonyl (C=O) groups excluding carboxylic acids is 2. The van der Waals surface area contributed by atoms with Crippen LogP contribution in [0.25, 0.3) is 11.0 Å². The second-order valence-corrected chi connectivity index (χ2v) is 8.02. The number of aromatic nitrogens is 4. The maximum absolute atomic E-state index is 12.4. The van der Waals surface area contributed by atoms with Gasteiger partial charge in [-0.15, -0.1) is 5.92 Å². The number of hydrogen-bond acceptors (Lipinski definition) is 9. The van der Waals surface area contributed by atoms with Crippen LogP contribution in [0.15, 0.2) is 30.5 Å². The maximum atomic E-state index is 12.4. The largest absolute Gasteiger partial charge is 0.465 e. The summed E-state index contributed by atoms with van der Waals surface area (Å²) >= 11 is 12.2. The number of aliphatic hydroxyl groups is 1. The van der Waals surface area contributed by atoms with Crippen LogP contribution in [0, 0.1) is 11.8 Å². The standard InChI is InChI=1S/C22H18Cl2N4O6/c1-4-9-22(31)15(12-7-5-6-8-13(12)20(30)32-3)34-19(16(22)33-11(2)29)28-18-14(10-25-28)17(23)26-21(24)27-18/h5-8,10,15-16,19,31H,1-3H3/t15-,16+,19-,22-/m1/s1. The SMILES string of the molecule is CC#C[C@@]1(O)[C@@H](c2ccccc2C(=O)OC)O[C@@H](n2ncc3c(Cl)nc(Cl)nc32)[C@@H]1OC(C)=O. The number of carbonyl (C=O) groups is 2. The van der Waals surface area contributed by atoms with E-state index >= 15 is 0 Å². The lowest BCUT2D eigenvalue weighted by Crippen LogP contribution is -2.46. The lowest BCUT2D eigenvalue weighted by Gasteiger charge is -2.29. The highest BCUT2D eigenvalue weighted by atomic mass is 35.5. The zero-order valence-electron chi connectivity index (χ0n) is 18.2. The van der Waals surface area contributed by atoms with Crippen molar-refractivity contribution >= 4 is 46.2 Å². The van der Waals surface area contributed by atoms with E-state index in [-0.39, 0.29) is 27.2 Å². The van der Waals surface area contributed by atoms with Crippen LogP contribution in [0.3, 0.4) is 0 Å². The van der Waals surface area contributed by atoms with E-state index in [1.165, 1.54) is 37.9 Å². The highest BCUT2D eigenvalue weighted by molar-refractivity contribution is 6.35. The van der Waals surface area contributed by atoms with E-state index in [1.54, 1.807) is 18.2 Å². The zero-order valence-corrected chi connectivity index (χ0v) is 19.7. The van der Waals surface area contributed by atoms with E-state index in [4.69, 9.17) is 37.4 Å². The molecule has 1 fully saturated rings. The predicted molar refractivity (Wildman–Crippen MR) is 120 cm³/mol. The molecule has 1 aliphatic rings. The number of hydrogen-bond donors (Lipinski definition) is 1. The number of halogens is 2. The smallest absolute Gasteiger partial charge is 0.338 e. The van der Waals surface area contributed by atoms with Crippen LogP contribution in [0.2, 0.25) is 10.4 Å². The van der Waals surface area contributed by atoms with E-state index in [2.05, 4.69) is 26.9 Å². The highest BCUT2D eigenvalue weighted by Crippen LogP contribution is 2.48. The topological polar surface area (TPSA) is 126 Å². The molecule has 0 saturated carbocycles. The van der Waals surface area contributed by atoms with Crippen molar-refractivity contribution in [2.45, 2.75) is 37.9 Å². The molecular formula is C22H18Cl2N4O6. The molecule has 1 aliphatic heterocycles. The van der Waals surface area contributed by atoms with Crippen molar-refractivity contribution in [3.05, 3.63) is 52.0 Å². The molecule has 2 aromatic heterocycles. The van der Waals surface area contributed by atoms with Crippen LogP contribution in [-0.2, 0) is 19.0 Å². The van der Waals surface area contributed by atoms with Gasteiger partial charge in [0, 0.05) is 6.92 Å². The molecule has 0 spiro atoms. The summed E-state index contributed by atoms with van der Waals surface area (Å²) in [5, 5.41) is 16.3. The molecule has 12 heteroatoms. The van der Waals surface area contributed by atoms with Gasteiger partial charge < -0.3 is 19.3 Å². The summed E-state index contributed by atoms with van der Waals surface area (Å²) in [6, 6.07) is 6.41. The average Bonchev–Trinajstić information content (AvgIpc) is 3.32. The van der Waals surface area contributed by atoms with Gasteiger partial charge in [0.05, 0.1) is 24.3 Å². The molecule has 0 unspecified atom stereocenters. The van der Waals surface area contributed by atoms with Gasteiger partial charge in [0.25, 0.3) is 0 Å². The van der Waals surface area contributed by atoms with Gasteiger partial charge in [-0.2, -0.15) is 10.1 Å². The summed E-state index contributed by atoms with van der Waals surface area (Å²) in [6.07, 6.45) is -2.44. The van der Waals surface area contributed by atoms with Crippen molar-refractivity contribution in [3.8, 4) is 11.8 Å². The molecular weight excluding hydrogens is 487 g/mol. The minimum absolute atomic E-state index is 0.0551. The number of fused-ring (bicyclic) bond motifs is 1.